The number of carbonyl (C=O) groups excluding carboxylic acids is 2. The zero-order valence-corrected chi connectivity index (χ0v) is 14.9. The van der Waals surface area contributed by atoms with Crippen LogP contribution < -0.4 is 16.0 Å². The van der Waals surface area contributed by atoms with E-state index < -0.39 is 23.7 Å². The summed E-state index contributed by atoms with van der Waals surface area (Å²) in [6.07, 6.45) is 1.86. The number of rotatable bonds is 6. The highest BCUT2D eigenvalue weighted by molar-refractivity contribution is 5.94. The normalized spacial score (nSPS) is 14.3. The molecule has 1 saturated carbocycles. The van der Waals surface area contributed by atoms with Gasteiger partial charge < -0.3 is 16.0 Å². The van der Waals surface area contributed by atoms with Gasteiger partial charge in [-0.2, -0.15) is 0 Å². The van der Waals surface area contributed by atoms with Crippen LogP contribution in [0.1, 0.15) is 36.9 Å². The molecule has 1 atom stereocenters. The van der Waals surface area contributed by atoms with Crippen molar-refractivity contribution in [2.24, 2.45) is 5.92 Å². The van der Waals surface area contributed by atoms with Crippen LogP contribution in [0.15, 0.2) is 42.5 Å². The number of hydrogen-bond donors (Lipinski definition) is 3. The number of carbonyl (C=O) groups is 2. The van der Waals surface area contributed by atoms with Crippen molar-refractivity contribution < 1.29 is 18.4 Å². The van der Waals surface area contributed by atoms with Crippen molar-refractivity contribution in [3.8, 4) is 0 Å². The lowest BCUT2D eigenvalue weighted by Crippen LogP contribution is -2.36. The van der Waals surface area contributed by atoms with Crippen molar-refractivity contribution in [2.45, 2.75) is 32.4 Å². The number of urea groups is 1. The number of nitrogens with one attached hydrogen (secondary N) is 3. The fraction of sp³-hybridized carbons (Fsp3) is 0.300. The number of hydrogen-bond acceptors (Lipinski definition) is 2. The van der Waals surface area contributed by atoms with Crippen LogP contribution in [-0.2, 0) is 11.3 Å². The summed E-state index contributed by atoms with van der Waals surface area (Å²) in [5.74, 6) is -1.23. The number of benzene rings is 2. The Balaban J connectivity index is 1.51. The summed E-state index contributed by atoms with van der Waals surface area (Å²) < 4.78 is 26.7. The van der Waals surface area contributed by atoms with E-state index in [1.54, 1.807) is 25.1 Å². The maximum atomic E-state index is 13.8. The monoisotopic (exact) mass is 373 g/mol. The highest BCUT2D eigenvalue weighted by Crippen LogP contribution is 2.30. The van der Waals surface area contributed by atoms with Crippen LogP contribution in [-0.4, -0.2) is 11.9 Å². The molecule has 0 saturated heterocycles. The van der Waals surface area contributed by atoms with Gasteiger partial charge in [-0.05, 0) is 43.5 Å². The van der Waals surface area contributed by atoms with Gasteiger partial charge in [-0.25, -0.2) is 13.6 Å². The lowest BCUT2D eigenvalue weighted by atomic mass is 10.1. The SMILES string of the molecule is C[C@H](NC(=O)NCc1cccc(NC(=O)C2CC2)c1)c1ccc(F)cc1F. The average Bonchev–Trinajstić information content (AvgIpc) is 3.45. The maximum Gasteiger partial charge on any atom is 0.315 e. The molecule has 5 nitrogen and oxygen atoms in total. The van der Waals surface area contributed by atoms with E-state index in [0.717, 1.165) is 30.5 Å². The van der Waals surface area contributed by atoms with Gasteiger partial charge >= 0.3 is 6.03 Å². The second-order valence-corrected chi connectivity index (χ2v) is 6.68. The molecule has 0 radical (unpaired) electrons. The number of halogens is 2. The smallest absolute Gasteiger partial charge is 0.315 e. The summed E-state index contributed by atoms with van der Waals surface area (Å²) in [6.45, 7) is 1.86. The molecule has 1 aliphatic carbocycles. The Morgan fingerprint density at radius 2 is 1.93 bits per heavy atom. The van der Waals surface area contributed by atoms with E-state index in [1.165, 1.54) is 6.07 Å². The van der Waals surface area contributed by atoms with Crippen LogP contribution in [0, 0.1) is 17.6 Å². The van der Waals surface area contributed by atoms with Crippen LogP contribution in [0.3, 0.4) is 0 Å². The topological polar surface area (TPSA) is 70.2 Å². The molecule has 0 heterocycles. The highest BCUT2D eigenvalue weighted by Gasteiger charge is 2.29. The minimum absolute atomic E-state index is 0.0213. The van der Waals surface area contributed by atoms with Crippen LogP contribution in [0.2, 0.25) is 0 Å². The first-order chi connectivity index (χ1) is 12.9. The van der Waals surface area contributed by atoms with Crippen LogP contribution in [0.5, 0.6) is 0 Å². The summed E-state index contributed by atoms with van der Waals surface area (Å²) in [5, 5.41) is 8.16. The lowest BCUT2D eigenvalue weighted by Gasteiger charge is -2.16. The minimum Gasteiger partial charge on any atom is -0.334 e. The molecule has 1 aliphatic rings. The first kappa shape index (κ1) is 18.8. The molecule has 3 rings (SSSR count). The predicted molar refractivity (Wildman–Crippen MR) is 97.9 cm³/mol. The van der Waals surface area contributed by atoms with Crippen molar-refractivity contribution in [2.75, 3.05) is 5.32 Å². The second-order valence-electron chi connectivity index (χ2n) is 6.68. The van der Waals surface area contributed by atoms with Crippen molar-refractivity contribution in [3.05, 3.63) is 65.2 Å². The van der Waals surface area contributed by atoms with Gasteiger partial charge in [0.25, 0.3) is 0 Å². The molecule has 0 aliphatic heterocycles. The third-order valence-electron chi connectivity index (χ3n) is 4.37. The standard InChI is InChI=1S/C20H21F2N3O2/c1-12(17-8-7-15(21)10-18(17)22)24-20(27)23-11-13-3-2-4-16(9-13)25-19(26)14-5-6-14/h2-4,7-10,12,14H,5-6,11H2,1H3,(H,25,26)(H2,23,24,27)/t12-/m0/s1. The van der Waals surface area contributed by atoms with Crippen molar-refractivity contribution in [3.63, 3.8) is 0 Å². The lowest BCUT2D eigenvalue weighted by molar-refractivity contribution is -0.117. The zero-order chi connectivity index (χ0) is 19.4. The summed E-state index contributed by atoms with van der Waals surface area (Å²) >= 11 is 0. The largest absolute Gasteiger partial charge is 0.334 e. The summed E-state index contributed by atoms with van der Waals surface area (Å²) in [6, 6.07) is 9.37. The maximum absolute atomic E-state index is 13.8. The van der Waals surface area contributed by atoms with E-state index in [2.05, 4.69) is 16.0 Å². The molecule has 0 spiro atoms. The Labute approximate surface area is 156 Å². The van der Waals surface area contributed by atoms with Gasteiger partial charge in [0.2, 0.25) is 5.91 Å². The van der Waals surface area contributed by atoms with Gasteiger partial charge in [-0.3, -0.25) is 4.79 Å². The van der Waals surface area contributed by atoms with Gasteiger partial charge in [0.05, 0.1) is 6.04 Å². The Kier molecular flexibility index (Phi) is 5.69. The molecule has 7 heteroatoms. The zero-order valence-electron chi connectivity index (χ0n) is 14.9. The van der Waals surface area contributed by atoms with Crippen molar-refractivity contribution in [1.82, 2.24) is 10.6 Å². The molecule has 142 valence electrons. The first-order valence-corrected chi connectivity index (χ1v) is 8.81. The molecule has 1 fully saturated rings. The van der Waals surface area contributed by atoms with Crippen molar-refractivity contribution in [1.29, 1.82) is 0 Å². The van der Waals surface area contributed by atoms with Crippen LogP contribution in [0.25, 0.3) is 0 Å². The number of anilines is 1. The average molecular weight is 373 g/mol. The van der Waals surface area contributed by atoms with E-state index in [9.17, 15) is 18.4 Å². The van der Waals surface area contributed by atoms with Gasteiger partial charge in [-0.15, -0.1) is 0 Å². The molecule has 0 bridgehead atoms. The Morgan fingerprint density at radius 1 is 1.15 bits per heavy atom. The third kappa shape index (κ3) is 5.26. The molecule has 27 heavy (non-hydrogen) atoms. The Morgan fingerprint density at radius 3 is 2.63 bits per heavy atom. The van der Waals surface area contributed by atoms with E-state index in [0.29, 0.717) is 5.69 Å². The quantitative estimate of drug-likeness (QED) is 0.719. The molecule has 3 N–H and O–H groups in total. The van der Waals surface area contributed by atoms with E-state index in [4.69, 9.17) is 0 Å². The second kappa shape index (κ2) is 8.16. The highest BCUT2D eigenvalue weighted by atomic mass is 19.1. The van der Waals surface area contributed by atoms with Gasteiger partial charge in [0, 0.05) is 29.8 Å². The van der Waals surface area contributed by atoms with Gasteiger partial charge in [0.15, 0.2) is 0 Å². The minimum atomic E-state index is -0.707. The molecule has 2 aromatic rings. The molecule has 0 unspecified atom stereocenters. The Hall–Kier alpha value is -2.96. The molecule has 2 aromatic carbocycles. The Bertz CT molecular complexity index is 853. The van der Waals surface area contributed by atoms with E-state index in [-0.39, 0.29) is 23.9 Å². The van der Waals surface area contributed by atoms with E-state index >= 15 is 0 Å². The van der Waals surface area contributed by atoms with E-state index in [1.807, 2.05) is 6.07 Å². The fourth-order valence-electron chi connectivity index (χ4n) is 2.71. The summed E-state index contributed by atoms with van der Waals surface area (Å²) in [5.41, 5.74) is 1.71. The van der Waals surface area contributed by atoms with Crippen LogP contribution >= 0.6 is 0 Å². The fourth-order valence-corrected chi connectivity index (χ4v) is 2.71. The molecular formula is C20H21F2N3O2. The van der Waals surface area contributed by atoms with Crippen LogP contribution in [0.4, 0.5) is 19.3 Å². The summed E-state index contributed by atoms with van der Waals surface area (Å²) in [4.78, 5) is 23.9. The predicted octanol–water partition coefficient (Wildman–Crippen LogP) is 3.87. The van der Waals surface area contributed by atoms with Gasteiger partial charge in [-0.1, -0.05) is 18.2 Å². The molecule has 3 amide bonds. The van der Waals surface area contributed by atoms with Gasteiger partial charge in [0.1, 0.15) is 11.6 Å². The summed E-state index contributed by atoms with van der Waals surface area (Å²) in [7, 11) is 0. The van der Waals surface area contributed by atoms with Crippen molar-refractivity contribution >= 4 is 17.6 Å². The first-order valence-electron chi connectivity index (χ1n) is 8.81. The number of amides is 3. The molecular weight excluding hydrogens is 352 g/mol. The molecule has 0 aromatic heterocycles. The third-order valence-corrected chi connectivity index (χ3v) is 4.37.